The topological polar surface area (TPSA) is 45.3 Å². The van der Waals surface area contributed by atoms with Crippen molar-refractivity contribution in [2.45, 2.75) is 6.92 Å². The predicted molar refractivity (Wildman–Crippen MR) is 110 cm³/mol. The van der Waals surface area contributed by atoms with E-state index in [4.69, 9.17) is 4.98 Å². The Bertz CT molecular complexity index is 1090. The second-order valence-electron chi connectivity index (χ2n) is 6.69. The number of hydrogen-bond acceptors (Lipinski definition) is 4. The first-order valence-electron chi connectivity index (χ1n) is 8.85. The Morgan fingerprint density at radius 2 is 1.63 bits per heavy atom. The van der Waals surface area contributed by atoms with Crippen LogP contribution in [0.1, 0.15) is 5.56 Å². The zero-order valence-corrected chi connectivity index (χ0v) is 15.7. The molecule has 4 aromatic rings. The maximum Gasteiger partial charge on any atom is 0.187 e. The summed E-state index contributed by atoms with van der Waals surface area (Å²) in [5.41, 5.74) is 5.82. The highest BCUT2D eigenvalue weighted by atomic mass is 15.2. The molecule has 0 aliphatic rings. The number of azo groups is 1. The summed E-state index contributed by atoms with van der Waals surface area (Å²) in [7, 11) is 4.03. The molecule has 134 valence electrons. The first-order valence-corrected chi connectivity index (χ1v) is 8.85. The molecule has 0 amide bonds. The number of rotatable bonds is 4. The third-order valence-corrected chi connectivity index (χ3v) is 4.43. The molecule has 0 N–H and O–H groups in total. The summed E-state index contributed by atoms with van der Waals surface area (Å²) in [5.74, 6) is 0.730. The predicted octanol–water partition coefficient (Wildman–Crippen LogP) is 5.79. The summed E-state index contributed by atoms with van der Waals surface area (Å²) >= 11 is 0. The van der Waals surface area contributed by atoms with Crippen LogP contribution in [0.4, 0.5) is 17.2 Å². The summed E-state index contributed by atoms with van der Waals surface area (Å²) in [6.45, 7) is 2.06. The molecular weight excluding hydrogens is 334 g/mol. The molecule has 5 nitrogen and oxygen atoms in total. The van der Waals surface area contributed by atoms with Gasteiger partial charge in [0.1, 0.15) is 11.3 Å². The van der Waals surface area contributed by atoms with E-state index < -0.39 is 0 Å². The summed E-state index contributed by atoms with van der Waals surface area (Å²) in [6, 6.07) is 22.2. The molecule has 27 heavy (non-hydrogen) atoms. The highest BCUT2D eigenvalue weighted by molar-refractivity contribution is 5.74. The van der Waals surface area contributed by atoms with E-state index >= 15 is 0 Å². The lowest BCUT2D eigenvalue weighted by atomic mass is 10.1. The fraction of sp³-hybridized carbons (Fsp3) is 0.136. The van der Waals surface area contributed by atoms with Gasteiger partial charge >= 0.3 is 0 Å². The zero-order valence-electron chi connectivity index (χ0n) is 15.7. The van der Waals surface area contributed by atoms with Gasteiger partial charge in [0.25, 0.3) is 0 Å². The highest BCUT2D eigenvalue weighted by Crippen LogP contribution is 2.32. The van der Waals surface area contributed by atoms with Crippen LogP contribution in [0.3, 0.4) is 0 Å². The molecule has 0 aliphatic heterocycles. The number of imidazole rings is 1. The number of anilines is 1. The van der Waals surface area contributed by atoms with Crippen molar-refractivity contribution >= 4 is 22.8 Å². The maximum atomic E-state index is 4.80. The Labute approximate surface area is 158 Å². The van der Waals surface area contributed by atoms with Crippen molar-refractivity contribution in [3.63, 3.8) is 0 Å². The molecule has 0 spiro atoms. The van der Waals surface area contributed by atoms with Crippen LogP contribution in [0.25, 0.3) is 16.9 Å². The van der Waals surface area contributed by atoms with E-state index in [1.165, 1.54) is 0 Å². The van der Waals surface area contributed by atoms with Crippen molar-refractivity contribution in [2.75, 3.05) is 19.0 Å². The van der Waals surface area contributed by atoms with Gasteiger partial charge in [-0.2, -0.15) is 0 Å². The van der Waals surface area contributed by atoms with Crippen molar-refractivity contribution in [3.8, 4) is 11.3 Å². The van der Waals surface area contributed by atoms with Crippen LogP contribution in [0.5, 0.6) is 0 Å². The lowest BCUT2D eigenvalue weighted by Crippen LogP contribution is -2.07. The number of hydrogen-bond donors (Lipinski definition) is 0. The summed E-state index contributed by atoms with van der Waals surface area (Å²) in [5, 5.41) is 9.01. The van der Waals surface area contributed by atoms with Crippen LogP contribution in [-0.2, 0) is 0 Å². The lowest BCUT2D eigenvalue weighted by molar-refractivity contribution is 1.10. The molecular formula is C22H21N5. The average molecular weight is 355 g/mol. The monoisotopic (exact) mass is 355 g/mol. The molecule has 0 fully saturated rings. The Morgan fingerprint density at radius 3 is 2.33 bits per heavy atom. The number of nitrogens with zero attached hydrogens (tertiary/aromatic N) is 5. The van der Waals surface area contributed by atoms with Gasteiger partial charge in [-0.25, -0.2) is 4.98 Å². The molecule has 0 saturated heterocycles. The highest BCUT2D eigenvalue weighted by Gasteiger charge is 2.13. The molecule has 2 heterocycles. The molecule has 5 heteroatoms. The van der Waals surface area contributed by atoms with Gasteiger partial charge in [0.15, 0.2) is 5.82 Å². The van der Waals surface area contributed by atoms with E-state index in [1.54, 1.807) is 0 Å². The third kappa shape index (κ3) is 3.44. The van der Waals surface area contributed by atoms with Gasteiger partial charge in [0.2, 0.25) is 0 Å². The fourth-order valence-corrected chi connectivity index (χ4v) is 2.94. The molecule has 0 saturated carbocycles. The Balaban J connectivity index is 1.79. The standard InChI is InChI=1S/C22H21N5/c1-16-13-14-27-20(15-16)23-21(17-7-5-4-6-8-17)22(27)25-24-18-9-11-19(12-10-18)26(2)3/h4-15H,1-3H3. The van der Waals surface area contributed by atoms with E-state index in [-0.39, 0.29) is 0 Å². The van der Waals surface area contributed by atoms with Gasteiger partial charge in [-0.15, -0.1) is 10.2 Å². The number of aromatic nitrogens is 2. The average Bonchev–Trinajstić information content (AvgIpc) is 3.05. The van der Waals surface area contributed by atoms with Crippen molar-refractivity contribution < 1.29 is 0 Å². The van der Waals surface area contributed by atoms with E-state index in [9.17, 15) is 0 Å². The molecule has 0 unspecified atom stereocenters. The van der Waals surface area contributed by atoms with Crippen LogP contribution in [0.15, 0.2) is 83.2 Å². The van der Waals surface area contributed by atoms with Crippen molar-refractivity contribution in [3.05, 3.63) is 78.5 Å². The SMILES string of the molecule is Cc1ccn2c(N=Nc3ccc(N(C)C)cc3)c(-c3ccccc3)nc2c1. The zero-order chi connectivity index (χ0) is 18.8. The van der Waals surface area contributed by atoms with Crippen LogP contribution in [0, 0.1) is 6.92 Å². The van der Waals surface area contributed by atoms with Crippen LogP contribution >= 0.6 is 0 Å². The van der Waals surface area contributed by atoms with Crippen molar-refractivity contribution in [2.24, 2.45) is 10.2 Å². The van der Waals surface area contributed by atoms with E-state index in [2.05, 4.69) is 28.1 Å². The molecule has 2 aromatic heterocycles. The third-order valence-electron chi connectivity index (χ3n) is 4.43. The fourth-order valence-electron chi connectivity index (χ4n) is 2.94. The first kappa shape index (κ1) is 17.0. The van der Waals surface area contributed by atoms with Gasteiger partial charge in [-0.05, 0) is 48.9 Å². The Hall–Kier alpha value is -3.47. The number of fused-ring (bicyclic) bond motifs is 1. The summed E-state index contributed by atoms with van der Waals surface area (Å²) in [4.78, 5) is 6.85. The lowest BCUT2D eigenvalue weighted by Gasteiger charge is -2.11. The minimum absolute atomic E-state index is 0.730. The molecule has 0 radical (unpaired) electrons. The minimum atomic E-state index is 0.730. The van der Waals surface area contributed by atoms with Crippen LogP contribution in [0.2, 0.25) is 0 Å². The number of aryl methyl sites for hydroxylation is 1. The normalized spacial score (nSPS) is 11.4. The second kappa shape index (κ2) is 7.03. The largest absolute Gasteiger partial charge is 0.378 e. The van der Waals surface area contributed by atoms with Gasteiger partial charge in [-0.1, -0.05) is 30.3 Å². The van der Waals surface area contributed by atoms with Crippen LogP contribution in [-0.4, -0.2) is 23.5 Å². The van der Waals surface area contributed by atoms with Gasteiger partial charge < -0.3 is 4.90 Å². The summed E-state index contributed by atoms with van der Waals surface area (Å²) < 4.78 is 1.98. The maximum absolute atomic E-state index is 4.80. The summed E-state index contributed by atoms with van der Waals surface area (Å²) in [6.07, 6.45) is 1.99. The minimum Gasteiger partial charge on any atom is -0.378 e. The van der Waals surface area contributed by atoms with E-state index in [0.717, 1.165) is 39.7 Å². The smallest absolute Gasteiger partial charge is 0.187 e. The van der Waals surface area contributed by atoms with Gasteiger partial charge in [0, 0.05) is 31.5 Å². The second-order valence-corrected chi connectivity index (χ2v) is 6.69. The quantitative estimate of drug-likeness (QED) is 0.435. The molecule has 4 rings (SSSR count). The Morgan fingerprint density at radius 1 is 0.889 bits per heavy atom. The molecule has 2 aromatic carbocycles. The van der Waals surface area contributed by atoms with Gasteiger partial charge in [-0.3, -0.25) is 4.40 Å². The first-order chi connectivity index (χ1) is 13.1. The molecule has 0 bridgehead atoms. The molecule has 0 aliphatic carbocycles. The number of pyridine rings is 1. The molecule has 0 atom stereocenters. The van der Waals surface area contributed by atoms with E-state index in [1.807, 2.05) is 85.4 Å². The van der Waals surface area contributed by atoms with Crippen LogP contribution < -0.4 is 4.90 Å². The van der Waals surface area contributed by atoms with Gasteiger partial charge in [0.05, 0.1) is 5.69 Å². The van der Waals surface area contributed by atoms with Crippen molar-refractivity contribution in [1.82, 2.24) is 9.38 Å². The number of benzene rings is 2. The Kier molecular flexibility index (Phi) is 4.42. The van der Waals surface area contributed by atoms with E-state index in [0.29, 0.717) is 0 Å². The van der Waals surface area contributed by atoms with Crippen molar-refractivity contribution in [1.29, 1.82) is 0 Å².